The summed E-state index contributed by atoms with van der Waals surface area (Å²) in [5.41, 5.74) is 1.82. The lowest BCUT2D eigenvalue weighted by atomic mass is 10.1. The predicted molar refractivity (Wildman–Crippen MR) is 74.1 cm³/mol. The first-order valence-corrected chi connectivity index (χ1v) is 6.75. The van der Waals surface area contributed by atoms with E-state index >= 15 is 0 Å². The van der Waals surface area contributed by atoms with Gasteiger partial charge in [-0.15, -0.1) is 11.8 Å². The van der Waals surface area contributed by atoms with Crippen molar-refractivity contribution >= 4 is 17.7 Å². The summed E-state index contributed by atoms with van der Waals surface area (Å²) in [4.78, 5) is 11.9. The van der Waals surface area contributed by atoms with E-state index in [9.17, 15) is 9.18 Å². The Morgan fingerprint density at radius 3 is 2.74 bits per heavy atom. The summed E-state index contributed by atoms with van der Waals surface area (Å²) in [6, 6.07) is 11.9. The molecule has 0 aliphatic rings. The second-order valence-corrected chi connectivity index (χ2v) is 5.31. The number of hydrogen-bond donors (Lipinski definition) is 1. The molecule has 98 valence electrons. The van der Waals surface area contributed by atoms with E-state index in [1.54, 1.807) is 11.8 Å². The maximum Gasteiger partial charge on any atom is 0.335 e. The topological polar surface area (TPSA) is 37.3 Å². The highest BCUT2D eigenvalue weighted by atomic mass is 32.2. The third kappa shape index (κ3) is 3.83. The summed E-state index contributed by atoms with van der Waals surface area (Å²) in [7, 11) is 0. The molecule has 0 radical (unpaired) electrons. The van der Waals surface area contributed by atoms with Crippen LogP contribution in [0, 0.1) is 12.7 Å². The first kappa shape index (κ1) is 13.6. The van der Waals surface area contributed by atoms with Crippen LogP contribution in [-0.2, 0) is 5.75 Å². The maximum atomic E-state index is 13.3. The lowest BCUT2D eigenvalue weighted by Crippen LogP contribution is -1.98. The summed E-state index contributed by atoms with van der Waals surface area (Å²) in [5.74, 6) is -1.08. The fraction of sp³-hybridized carbons (Fsp3) is 0.133. The Balaban J connectivity index is 2.13. The summed E-state index contributed by atoms with van der Waals surface area (Å²) in [6.45, 7) is 2.01. The van der Waals surface area contributed by atoms with E-state index in [2.05, 4.69) is 0 Å². The van der Waals surface area contributed by atoms with Crippen LogP contribution < -0.4 is 0 Å². The molecule has 0 aliphatic heterocycles. The molecule has 2 aromatic rings. The van der Waals surface area contributed by atoms with Gasteiger partial charge < -0.3 is 5.11 Å². The first-order chi connectivity index (χ1) is 9.04. The van der Waals surface area contributed by atoms with Crippen molar-refractivity contribution in [2.24, 2.45) is 0 Å². The highest BCUT2D eigenvalue weighted by Gasteiger charge is 2.07. The van der Waals surface area contributed by atoms with Crippen molar-refractivity contribution in [1.29, 1.82) is 0 Å². The van der Waals surface area contributed by atoms with Gasteiger partial charge in [-0.3, -0.25) is 0 Å². The predicted octanol–water partition coefficient (Wildman–Crippen LogP) is 4.12. The number of hydrogen-bond acceptors (Lipinski definition) is 2. The van der Waals surface area contributed by atoms with Gasteiger partial charge in [0.05, 0.1) is 5.56 Å². The molecule has 19 heavy (non-hydrogen) atoms. The fourth-order valence-corrected chi connectivity index (χ4v) is 2.67. The Bertz CT molecular complexity index is 611. The quantitative estimate of drug-likeness (QED) is 0.853. The lowest BCUT2D eigenvalue weighted by molar-refractivity contribution is 0.0696. The molecule has 0 spiro atoms. The van der Waals surface area contributed by atoms with Crippen LogP contribution >= 0.6 is 11.8 Å². The van der Waals surface area contributed by atoms with Crippen molar-refractivity contribution in [3.8, 4) is 0 Å². The van der Waals surface area contributed by atoms with Gasteiger partial charge in [0.15, 0.2) is 0 Å². The Labute approximate surface area is 115 Å². The molecule has 2 nitrogen and oxygen atoms in total. The largest absolute Gasteiger partial charge is 0.478 e. The minimum atomic E-state index is -1.11. The van der Waals surface area contributed by atoms with E-state index in [0.717, 1.165) is 16.5 Å². The standard InChI is InChI=1S/C15H13FO2S/c1-10-3-2-4-14(5-10)19-9-11-6-12(15(17)18)8-13(16)7-11/h2-8H,9H2,1H3,(H,17,18). The molecule has 0 aliphatic carbocycles. The monoisotopic (exact) mass is 276 g/mol. The van der Waals surface area contributed by atoms with Gasteiger partial charge in [-0.05, 0) is 42.8 Å². The van der Waals surface area contributed by atoms with Crippen molar-refractivity contribution < 1.29 is 14.3 Å². The molecule has 0 saturated heterocycles. The zero-order chi connectivity index (χ0) is 13.8. The number of rotatable bonds is 4. The molecule has 4 heteroatoms. The third-order valence-electron chi connectivity index (χ3n) is 2.60. The van der Waals surface area contributed by atoms with Gasteiger partial charge in [0.2, 0.25) is 0 Å². The number of carbonyl (C=O) groups is 1. The molecule has 0 unspecified atom stereocenters. The molecule has 0 saturated carbocycles. The summed E-state index contributed by atoms with van der Waals surface area (Å²) < 4.78 is 13.3. The van der Waals surface area contributed by atoms with Gasteiger partial charge in [0.25, 0.3) is 0 Å². The molecular formula is C15H13FO2S. The van der Waals surface area contributed by atoms with Crippen molar-refractivity contribution in [3.63, 3.8) is 0 Å². The lowest BCUT2D eigenvalue weighted by Gasteiger charge is -2.05. The Morgan fingerprint density at radius 1 is 1.26 bits per heavy atom. The van der Waals surface area contributed by atoms with Crippen LogP contribution in [0.2, 0.25) is 0 Å². The number of carboxylic acid groups (broad SMARTS) is 1. The molecule has 0 bridgehead atoms. The summed E-state index contributed by atoms with van der Waals surface area (Å²) in [6.07, 6.45) is 0. The average Bonchev–Trinajstić information content (AvgIpc) is 2.36. The summed E-state index contributed by atoms with van der Waals surface area (Å²) in [5, 5.41) is 8.88. The van der Waals surface area contributed by atoms with Crippen molar-refractivity contribution in [2.45, 2.75) is 17.6 Å². The molecule has 0 atom stereocenters. The third-order valence-corrected chi connectivity index (χ3v) is 3.66. The van der Waals surface area contributed by atoms with Crippen LogP contribution in [0.15, 0.2) is 47.4 Å². The van der Waals surface area contributed by atoms with Gasteiger partial charge in [-0.2, -0.15) is 0 Å². The van der Waals surface area contributed by atoms with Crippen LogP contribution in [0.25, 0.3) is 0 Å². The molecule has 0 amide bonds. The smallest absolute Gasteiger partial charge is 0.335 e. The van der Waals surface area contributed by atoms with Crippen LogP contribution in [0.1, 0.15) is 21.5 Å². The molecule has 0 fully saturated rings. The zero-order valence-electron chi connectivity index (χ0n) is 10.4. The highest BCUT2D eigenvalue weighted by molar-refractivity contribution is 7.98. The van der Waals surface area contributed by atoms with Crippen molar-refractivity contribution in [1.82, 2.24) is 0 Å². The van der Waals surface area contributed by atoms with E-state index in [-0.39, 0.29) is 5.56 Å². The maximum absolute atomic E-state index is 13.3. The Hall–Kier alpha value is -1.81. The van der Waals surface area contributed by atoms with E-state index in [0.29, 0.717) is 11.3 Å². The molecular weight excluding hydrogens is 263 g/mol. The number of halogens is 1. The van der Waals surface area contributed by atoms with E-state index < -0.39 is 11.8 Å². The van der Waals surface area contributed by atoms with Crippen molar-refractivity contribution in [3.05, 3.63) is 65.0 Å². The highest BCUT2D eigenvalue weighted by Crippen LogP contribution is 2.24. The van der Waals surface area contributed by atoms with Crippen LogP contribution in [0.3, 0.4) is 0 Å². The van der Waals surface area contributed by atoms with Gasteiger partial charge in [0, 0.05) is 10.6 Å². The number of benzene rings is 2. The Kier molecular flexibility index (Phi) is 4.22. The molecule has 1 N–H and O–H groups in total. The molecule has 2 rings (SSSR count). The normalized spacial score (nSPS) is 10.4. The number of aryl methyl sites for hydroxylation is 1. The van der Waals surface area contributed by atoms with Gasteiger partial charge in [0.1, 0.15) is 5.82 Å². The van der Waals surface area contributed by atoms with Crippen LogP contribution in [0.5, 0.6) is 0 Å². The Morgan fingerprint density at radius 2 is 2.05 bits per heavy atom. The molecule has 0 heterocycles. The SMILES string of the molecule is Cc1cccc(SCc2cc(F)cc(C(=O)O)c2)c1. The van der Waals surface area contributed by atoms with E-state index in [1.165, 1.54) is 12.1 Å². The van der Waals surface area contributed by atoms with Crippen LogP contribution in [0.4, 0.5) is 4.39 Å². The minimum absolute atomic E-state index is 0.0140. The van der Waals surface area contributed by atoms with E-state index in [4.69, 9.17) is 5.11 Å². The number of thioether (sulfide) groups is 1. The second kappa shape index (κ2) is 5.89. The van der Waals surface area contributed by atoms with Gasteiger partial charge in [-0.25, -0.2) is 9.18 Å². The number of aromatic carboxylic acids is 1. The van der Waals surface area contributed by atoms with Crippen molar-refractivity contribution in [2.75, 3.05) is 0 Å². The zero-order valence-corrected chi connectivity index (χ0v) is 11.2. The molecule has 2 aromatic carbocycles. The van der Waals surface area contributed by atoms with E-state index in [1.807, 2.05) is 31.2 Å². The number of carboxylic acids is 1. The van der Waals surface area contributed by atoms with Gasteiger partial charge >= 0.3 is 5.97 Å². The minimum Gasteiger partial charge on any atom is -0.478 e. The summed E-state index contributed by atoms with van der Waals surface area (Å²) >= 11 is 1.56. The van der Waals surface area contributed by atoms with Gasteiger partial charge in [-0.1, -0.05) is 17.7 Å². The first-order valence-electron chi connectivity index (χ1n) is 5.77. The van der Waals surface area contributed by atoms with Crippen LogP contribution in [-0.4, -0.2) is 11.1 Å². The second-order valence-electron chi connectivity index (χ2n) is 4.26. The average molecular weight is 276 g/mol. The molecule has 0 aromatic heterocycles. The fourth-order valence-electron chi connectivity index (χ4n) is 1.73.